The number of ether oxygens (including phenoxy) is 2. The molecule has 0 aliphatic carbocycles. The zero-order valence-corrected chi connectivity index (χ0v) is 19.6. The molecule has 5 heteroatoms. The molecule has 0 spiro atoms. The number of unbranched alkanes of at least 4 members (excludes halogenated alkanes) is 8. The molecule has 0 aliphatic heterocycles. The van der Waals surface area contributed by atoms with Crippen LogP contribution in [0.4, 0.5) is 0 Å². The highest BCUT2D eigenvalue weighted by Crippen LogP contribution is 2.23. The molecular weight excluding hydrogens is 414 g/mol. The normalized spacial score (nSPS) is 11.1. The second-order valence-corrected chi connectivity index (χ2v) is 8.22. The first kappa shape index (κ1) is 26.0. The summed E-state index contributed by atoms with van der Waals surface area (Å²) in [5.74, 6) is -0.0405. The number of carboxylic acids is 1. The zero-order valence-electron chi connectivity index (χ0n) is 19.6. The first-order valence-electron chi connectivity index (χ1n) is 11.8. The molecule has 0 bridgehead atoms. The van der Waals surface area contributed by atoms with Crippen molar-refractivity contribution in [2.45, 2.75) is 64.7 Å². The summed E-state index contributed by atoms with van der Waals surface area (Å²) in [6.45, 7) is 2.86. The molecule has 2 aromatic rings. The van der Waals surface area contributed by atoms with Gasteiger partial charge in [0.1, 0.15) is 5.75 Å². The molecule has 0 radical (unpaired) electrons. The first-order chi connectivity index (χ1) is 16.1. The number of carboxylic acid groups (broad SMARTS) is 1. The minimum Gasteiger partial charge on any atom is -0.501 e. The van der Waals surface area contributed by atoms with Crippen molar-refractivity contribution < 1.29 is 19.4 Å². The topological polar surface area (TPSA) is 79.5 Å². The van der Waals surface area contributed by atoms with Crippen LogP contribution < -0.4 is 4.74 Å². The van der Waals surface area contributed by atoms with Crippen LogP contribution in [0, 0.1) is 11.3 Å². The Balaban J connectivity index is 1.44. The maximum absolute atomic E-state index is 10.6. The van der Waals surface area contributed by atoms with E-state index in [1.807, 2.05) is 36.4 Å². The maximum Gasteiger partial charge on any atom is 0.334 e. The molecule has 2 rings (SSSR count). The Morgan fingerprint density at radius 3 is 1.82 bits per heavy atom. The third-order valence-electron chi connectivity index (χ3n) is 5.47. The molecule has 2 aromatic carbocycles. The van der Waals surface area contributed by atoms with Gasteiger partial charge in [-0.05, 0) is 55.2 Å². The molecule has 0 unspecified atom stereocenters. The number of rotatable bonds is 16. The Morgan fingerprint density at radius 2 is 1.30 bits per heavy atom. The van der Waals surface area contributed by atoms with Crippen molar-refractivity contribution in [1.82, 2.24) is 0 Å². The largest absolute Gasteiger partial charge is 0.501 e. The van der Waals surface area contributed by atoms with E-state index in [-0.39, 0.29) is 5.57 Å². The average molecular weight is 450 g/mol. The van der Waals surface area contributed by atoms with Gasteiger partial charge < -0.3 is 14.6 Å². The van der Waals surface area contributed by atoms with Crippen LogP contribution in [-0.4, -0.2) is 24.3 Å². The summed E-state index contributed by atoms with van der Waals surface area (Å²) in [5.41, 5.74) is 3.11. The molecule has 5 nitrogen and oxygen atoms in total. The highest BCUT2D eigenvalue weighted by molar-refractivity contribution is 5.85. The van der Waals surface area contributed by atoms with Gasteiger partial charge in [0.2, 0.25) is 0 Å². The summed E-state index contributed by atoms with van der Waals surface area (Å²) in [4.78, 5) is 10.6. The van der Waals surface area contributed by atoms with Gasteiger partial charge in [-0.15, -0.1) is 0 Å². The van der Waals surface area contributed by atoms with Gasteiger partial charge in [-0.25, -0.2) is 4.79 Å². The van der Waals surface area contributed by atoms with Crippen molar-refractivity contribution in [3.05, 3.63) is 65.9 Å². The van der Waals surface area contributed by atoms with E-state index in [9.17, 15) is 4.79 Å². The average Bonchev–Trinajstić information content (AvgIpc) is 2.84. The summed E-state index contributed by atoms with van der Waals surface area (Å²) < 4.78 is 11.1. The fourth-order valence-corrected chi connectivity index (χ4v) is 3.43. The summed E-state index contributed by atoms with van der Waals surface area (Å²) in [6, 6.07) is 17.8. The number of hydrogen-bond acceptors (Lipinski definition) is 4. The van der Waals surface area contributed by atoms with E-state index < -0.39 is 5.97 Å². The predicted octanol–water partition coefficient (Wildman–Crippen LogP) is 7.12. The SMILES string of the molecule is CC(=COCCCCCCCCCCCOc1ccc(-c2ccc(C#N)cc2)cc1)C(=O)O. The number of nitrogens with zero attached hydrogens (tertiary/aromatic N) is 1. The molecule has 0 amide bonds. The van der Waals surface area contributed by atoms with Crippen molar-refractivity contribution in [3.8, 4) is 22.9 Å². The van der Waals surface area contributed by atoms with Crippen LogP contribution in [0.3, 0.4) is 0 Å². The fourth-order valence-electron chi connectivity index (χ4n) is 3.43. The number of carbonyl (C=O) groups is 1. The maximum atomic E-state index is 10.6. The second-order valence-electron chi connectivity index (χ2n) is 8.22. The van der Waals surface area contributed by atoms with Crippen LogP contribution in [-0.2, 0) is 9.53 Å². The molecule has 0 atom stereocenters. The van der Waals surface area contributed by atoms with Gasteiger partial charge in [0.25, 0.3) is 0 Å². The molecule has 0 saturated heterocycles. The van der Waals surface area contributed by atoms with Gasteiger partial charge in [0, 0.05) is 0 Å². The van der Waals surface area contributed by atoms with Crippen molar-refractivity contribution in [1.29, 1.82) is 5.26 Å². The monoisotopic (exact) mass is 449 g/mol. The van der Waals surface area contributed by atoms with Crippen LogP contribution in [0.1, 0.15) is 70.3 Å². The van der Waals surface area contributed by atoms with Crippen LogP contribution >= 0.6 is 0 Å². The molecule has 0 fully saturated rings. The molecule has 0 aliphatic rings. The minimum atomic E-state index is -0.934. The first-order valence-corrected chi connectivity index (χ1v) is 11.8. The van der Waals surface area contributed by atoms with Gasteiger partial charge in [0.15, 0.2) is 0 Å². The predicted molar refractivity (Wildman–Crippen MR) is 131 cm³/mol. The second kappa shape index (κ2) is 15.5. The third-order valence-corrected chi connectivity index (χ3v) is 5.47. The van der Waals surface area contributed by atoms with Crippen LogP contribution in [0.5, 0.6) is 5.75 Å². The molecule has 1 N–H and O–H groups in total. The highest BCUT2D eigenvalue weighted by atomic mass is 16.5. The quantitative estimate of drug-likeness (QED) is 0.168. The zero-order chi connectivity index (χ0) is 23.7. The number of benzene rings is 2. The van der Waals surface area contributed by atoms with Crippen molar-refractivity contribution in [3.63, 3.8) is 0 Å². The lowest BCUT2D eigenvalue weighted by Crippen LogP contribution is -1.98. The van der Waals surface area contributed by atoms with Crippen LogP contribution in [0.2, 0.25) is 0 Å². The fraction of sp³-hybridized carbons (Fsp3) is 0.429. The summed E-state index contributed by atoms with van der Waals surface area (Å²) in [6.07, 6.45) is 11.9. The van der Waals surface area contributed by atoms with E-state index in [0.717, 1.165) is 42.7 Å². The van der Waals surface area contributed by atoms with E-state index >= 15 is 0 Å². The highest BCUT2D eigenvalue weighted by Gasteiger charge is 2.01. The van der Waals surface area contributed by atoms with E-state index in [2.05, 4.69) is 18.2 Å². The molecule has 0 aromatic heterocycles. The van der Waals surface area contributed by atoms with Gasteiger partial charge >= 0.3 is 5.97 Å². The summed E-state index contributed by atoms with van der Waals surface area (Å²) >= 11 is 0. The Bertz CT molecular complexity index is 895. The lowest BCUT2D eigenvalue weighted by atomic mass is 10.0. The van der Waals surface area contributed by atoms with Crippen LogP contribution in [0.25, 0.3) is 11.1 Å². The summed E-state index contributed by atoms with van der Waals surface area (Å²) in [7, 11) is 0. The van der Waals surface area contributed by atoms with E-state index in [0.29, 0.717) is 12.2 Å². The Hall–Kier alpha value is -3.26. The van der Waals surface area contributed by atoms with Gasteiger partial charge in [-0.3, -0.25) is 0 Å². The smallest absolute Gasteiger partial charge is 0.334 e. The Labute approximate surface area is 197 Å². The van der Waals surface area contributed by atoms with Gasteiger partial charge in [-0.2, -0.15) is 5.26 Å². The van der Waals surface area contributed by atoms with E-state index in [4.69, 9.17) is 19.8 Å². The van der Waals surface area contributed by atoms with Gasteiger partial charge in [-0.1, -0.05) is 69.2 Å². The Kier molecular flexibility index (Phi) is 12.2. The lowest BCUT2D eigenvalue weighted by molar-refractivity contribution is -0.132. The third kappa shape index (κ3) is 10.7. The van der Waals surface area contributed by atoms with Crippen LogP contribution in [0.15, 0.2) is 60.4 Å². The van der Waals surface area contributed by atoms with E-state index in [1.54, 1.807) is 0 Å². The molecule has 176 valence electrons. The standard InChI is InChI=1S/C28H35NO4/c1-23(28(30)31)22-32-19-9-7-5-3-2-4-6-8-10-20-33-27-17-15-26(16-18-27)25-13-11-24(21-29)12-14-25/h11-18,22H,2-10,19-20H2,1H3,(H,30,31). The van der Waals surface area contributed by atoms with E-state index in [1.165, 1.54) is 51.7 Å². The molecule has 0 saturated carbocycles. The van der Waals surface area contributed by atoms with Gasteiger partial charge in [0.05, 0.1) is 36.7 Å². The Morgan fingerprint density at radius 1 is 0.818 bits per heavy atom. The summed E-state index contributed by atoms with van der Waals surface area (Å²) in [5, 5.41) is 17.6. The molecule has 0 heterocycles. The van der Waals surface area contributed by atoms with Crippen molar-refractivity contribution in [2.24, 2.45) is 0 Å². The number of nitriles is 1. The molecule has 33 heavy (non-hydrogen) atoms. The molecular formula is C28H35NO4. The van der Waals surface area contributed by atoms with Crippen molar-refractivity contribution >= 4 is 5.97 Å². The minimum absolute atomic E-state index is 0.234. The lowest BCUT2D eigenvalue weighted by Gasteiger charge is -2.08. The number of hydrogen-bond donors (Lipinski definition) is 1. The van der Waals surface area contributed by atoms with Crippen molar-refractivity contribution in [2.75, 3.05) is 13.2 Å². The number of aliphatic carboxylic acids is 1.